The SMILES string of the molecule is CC(C)(C)CC(C)(C)N=C(c1ccccc1Br)c1c(F)c(F)c(F)c(F)c1F. The number of rotatable bonds is 4. The van der Waals surface area contributed by atoms with Gasteiger partial charge in [0.05, 0.1) is 16.8 Å². The van der Waals surface area contributed by atoms with Gasteiger partial charge in [0, 0.05) is 10.0 Å². The van der Waals surface area contributed by atoms with Crippen LogP contribution in [0.1, 0.15) is 52.2 Å². The average molecular weight is 462 g/mol. The van der Waals surface area contributed by atoms with E-state index < -0.39 is 40.2 Å². The van der Waals surface area contributed by atoms with Crippen molar-refractivity contribution in [2.24, 2.45) is 10.4 Å². The van der Waals surface area contributed by atoms with Gasteiger partial charge in [-0.25, -0.2) is 22.0 Å². The van der Waals surface area contributed by atoms with Crippen LogP contribution in [0.15, 0.2) is 33.7 Å². The Kier molecular flexibility index (Phi) is 6.38. The topological polar surface area (TPSA) is 12.4 Å². The minimum Gasteiger partial charge on any atom is -0.278 e. The van der Waals surface area contributed by atoms with Crippen molar-refractivity contribution in [1.82, 2.24) is 0 Å². The third kappa shape index (κ3) is 4.80. The van der Waals surface area contributed by atoms with Gasteiger partial charge in [-0.1, -0.05) is 54.9 Å². The van der Waals surface area contributed by atoms with Gasteiger partial charge in [-0.3, -0.25) is 4.99 Å². The molecule has 2 rings (SSSR count). The van der Waals surface area contributed by atoms with Gasteiger partial charge in [0.15, 0.2) is 23.3 Å². The van der Waals surface area contributed by atoms with Crippen molar-refractivity contribution in [3.63, 3.8) is 0 Å². The maximum atomic E-state index is 14.6. The number of benzene rings is 2. The molecule has 28 heavy (non-hydrogen) atoms. The lowest BCUT2D eigenvalue weighted by Gasteiger charge is -2.30. The van der Waals surface area contributed by atoms with Crippen molar-refractivity contribution in [2.45, 2.75) is 46.6 Å². The highest BCUT2D eigenvalue weighted by atomic mass is 79.9. The highest BCUT2D eigenvalue weighted by molar-refractivity contribution is 9.10. The van der Waals surface area contributed by atoms with Gasteiger partial charge in [-0.2, -0.15) is 0 Å². The highest BCUT2D eigenvalue weighted by Gasteiger charge is 2.32. The molecule has 0 spiro atoms. The van der Waals surface area contributed by atoms with Gasteiger partial charge < -0.3 is 0 Å². The summed E-state index contributed by atoms with van der Waals surface area (Å²) < 4.78 is 70.8. The minimum atomic E-state index is -2.20. The van der Waals surface area contributed by atoms with E-state index in [0.717, 1.165) is 0 Å². The van der Waals surface area contributed by atoms with Gasteiger partial charge in [-0.05, 0) is 31.7 Å². The maximum Gasteiger partial charge on any atom is 0.200 e. The van der Waals surface area contributed by atoms with E-state index in [2.05, 4.69) is 20.9 Å². The van der Waals surface area contributed by atoms with E-state index in [-0.39, 0.29) is 16.7 Å². The van der Waals surface area contributed by atoms with Gasteiger partial charge >= 0.3 is 0 Å². The molecule has 152 valence electrons. The van der Waals surface area contributed by atoms with E-state index in [9.17, 15) is 22.0 Å². The molecule has 7 heteroatoms. The lowest BCUT2D eigenvalue weighted by atomic mass is 9.82. The molecule has 0 fully saturated rings. The first-order valence-electron chi connectivity index (χ1n) is 8.62. The first-order chi connectivity index (χ1) is 12.7. The number of nitrogens with zero attached hydrogens (tertiary/aromatic N) is 1. The van der Waals surface area contributed by atoms with Crippen LogP contribution in [0.2, 0.25) is 0 Å². The third-order valence-corrected chi connectivity index (χ3v) is 4.64. The number of hydrogen-bond acceptors (Lipinski definition) is 1. The Morgan fingerprint density at radius 1 is 0.821 bits per heavy atom. The van der Waals surface area contributed by atoms with Crippen LogP contribution in [0.5, 0.6) is 0 Å². The zero-order valence-corrected chi connectivity index (χ0v) is 17.8. The Morgan fingerprint density at radius 2 is 1.29 bits per heavy atom. The molecule has 0 aliphatic rings. The fourth-order valence-electron chi connectivity index (χ4n) is 3.36. The smallest absolute Gasteiger partial charge is 0.200 e. The Labute approximate surface area is 169 Å². The van der Waals surface area contributed by atoms with Crippen LogP contribution in [-0.4, -0.2) is 11.3 Å². The van der Waals surface area contributed by atoms with Crippen molar-refractivity contribution >= 4 is 21.6 Å². The van der Waals surface area contributed by atoms with Crippen molar-refractivity contribution in [3.05, 3.63) is 69.0 Å². The molecule has 0 saturated carbocycles. The molecule has 0 aromatic heterocycles. The third-order valence-electron chi connectivity index (χ3n) is 3.95. The van der Waals surface area contributed by atoms with Crippen LogP contribution in [0.4, 0.5) is 22.0 Å². The van der Waals surface area contributed by atoms with Crippen LogP contribution in [0, 0.1) is 34.5 Å². The summed E-state index contributed by atoms with van der Waals surface area (Å²) in [6.45, 7) is 9.42. The zero-order chi connectivity index (χ0) is 21.4. The average Bonchev–Trinajstić information content (AvgIpc) is 2.55. The summed E-state index contributed by atoms with van der Waals surface area (Å²) in [5, 5.41) is 0. The molecule has 0 N–H and O–H groups in total. The molecule has 0 aliphatic heterocycles. The molecule has 0 unspecified atom stereocenters. The second kappa shape index (κ2) is 7.93. The summed E-state index contributed by atoms with van der Waals surface area (Å²) in [5.74, 6) is -10.0. The fraction of sp³-hybridized carbons (Fsp3) is 0.381. The maximum absolute atomic E-state index is 14.6. The van der Waals surface area contributed by atoms with E-state index in [1.807, 2.05) is 20.8 Å². The molecule has 1 nitrogen and oxygen atoms in total. The predicted molar refractivity (Wildman–Crippen MR) is 104 cm³/mol. The van der Waals surface area contributed by atoms with Crippen LogP contribution < -0.4 is 0 Å². The van der Waals surface area contributed by atoms with Crippen LogP contribution in [0.25, 0.3) is 0 Å². The van der Waals surface area contributed by atoms with Gasteiger partial charge in [-0.15, -0.1) is 0 Å². The Balaban J connectivity index is 2.87. The summed E-state index contributed by atoms with van der Waals surface area (Å²) in [6, 6.07) is 6.38. The summed E-state index contributed by atoms with van der Waals surface area (Å²) in [7, 11) is 0. The van der Waals surface area contributed by atoms with Crippen molar-refractivity contribution in [1.29, 1.82) is 0 Å². The van der Waals surface area contributed by atoms with Crippen LogP contribution in [0.3, 0.4) is 0 Å². The summed E-state index contributed by atoms with van der Waals surface area (Å²) >= 11 is 3.28. The van der Waals surface area contributed by atoms with Crippen molar-refractivity contribution < 1.29 is 22.0 Å². The van der Waals surface area contributed by atoms with E-state index in [1.165, 1.54) is 6.07 Å². The quantitative estimate of drug-likeness (QED) is 0.197. The first kappa shape index (κ1) is 22.5. The normalized spacial score (nSPS) is 13.2. The van der Waals surface area contributed by atoms with Crippen molar-refractivity contribution in [2.75, 3.05) is 0 Å². The molecule has 0 heterocycles. The van der Waals surface area contributed by atoms with Crippen LogP contribution in [-0.2, 0) is 0 Å². The molecule has 2 aromatic rings. The molecule has 0 radical (unpaired) electrons. The number of aliphatic imine (C=N–C) groups is 1. The van der Waals surface area contributed by atoms with Crippen LogP contribution >= 0.6 is 15.9 Å². The molecule has 2 aromatic carbocycles. The highest BCUT2D eigenvalue weighted by Crippen LogP contribution is 2.33. The van der Waals surface area contributed by atoms with E-state index >= 15 is 0 Å². The first-order valence-corrected chi connectivity index (χ1v) is 9.41. The fourth-order valence-corrected chi connectivity index (χ4v) is 3.83. The van der Waals surface area contributed by atoms with Gasteiger partial charge in [0.1, 0.15) is 0 Å². The Morgan fingerprint density at radius 3 is 1.75 bits per heavy atom. The number of hydrogen-bond donors (Lipinski definition) is 0. The van der Waals surface area contributed by atoms with E-state index in [1.54, 1.807) is 32.0 Å². The van der Waals surface area contributed by atoms with Gasteiger partial charge in [0.2, 0.25) is 5.82 Å². The Bertz CT molecular complexity index is 900. The second-order valence-electron chi connectivity index (χ2n) is 8.44. The standard InChI is InChI=1S/C21H21BrF5N/c1-20(2,3)10-21(4,5)28-19(11-8-6-7-9-12(11)22)13-14(23)16(25)18(27)17(26)15(13)24/h6-9H,10H2,1-5H3. The molecule has 0 bridgehead atoms. The largest absolute Gasteiger partial charge is 0.278 e. The molecule has 0 saturated heterocycles. The molecule has 0 aliphatic carbocycles. The summed E-state index contributed by atoms with van der Waals surface area (Å²) in [6.07, 6.45) is 0.517. The predicted octanol–water partition coefficient (Wildman–Crippen LogP) is 7.20. The minimum absolute atomic E-state index is 0.178. The van der Waals surface area contributed by atoms with Crippen molar-refractivity contribution in [3.8, 4) is 0 Å². The monoisotopic (exact) mass is 461 g/mol. The van der Waals surface area contributed by atoms with Gasteiger partial charge in [0.25, 0.3) is 0 Å². The molecule has 0 amide bonds. The lowest BCUT2D eigenvalue weighted by Crippen LogP contribution is -2.28. The number of halogens is 6. The van der Waals surface area contributed by atoms with E-state index in [4.69, 9.17) is 0 Å². The Hall–Kier alpha value is -1.76. The van der Waals surface area contributed by atoms with E-state index in [0.29, 0.717) is 10.9 Å². The summed E-state index contributed by atoms with van der Waals surface area (Å²) in [4.78, 5) is 4.48. The molecular formula is C21H21BrF5N. The molecular weight excluding hydrogens is 441 g/mol. The summed E-state index contributed by atoms with van der Waals surface area (Å²) in [5.41, 5.74) is -2.11. The lowest BCUT2D eigenvalue weighted by molar-refractivity contribution is 0.288. The molecule has 0 atom stereocenters. The second-order valence-corrected chi connectivity index (χ2v) is 9.29. The zero-order valence-electron chi connectivity index (χ0n) is 16.2.